The second-order valence-electron chi connectivity index (χ2n) is 4.67. The van der Waals surface area contributed by atoms with Crippen molar-refractivity contribution in [3.63, 3.8) is 0 Å². The van der Waals surface area contributed by atoms with Crippen molar-refractivity contribution in [1.29, 1.82) is 0 Å². The first-order chi connectivity index (χ1) is 8.17. The average Bonchev–Trinajstić information content (AvgIpc) is 2.75. The Hall–Kier alpha value is -1.13. The molecular formula is C13H14BrN3. The number of nitrogens with two attached hydrogens (primary N) is 1. The lowest BCUT2D eigenvalue weighted by Gasteiger charge is -2.35. The van der Waals surface area contributed by atoms with E-state index >= 15 is 0 Å². The average molecular weight is 292 g/mol. The number of nitrogens with zero attached hydrogens (tertiary/aromatic N) is 1. The van der Waals surface area contributed by atoms with Crippen LogP contribution in [0.5, 0.6) is 0 Å². The SMILES string of the molecule is NC1(c2ncc(-c3cccc(Br)c3)[nH]2)CCC1. The van der Waals surface area contributed by atoms with Gasteiger partial charge in [0.25, 0.3) is 0 Å². The predicted octanol–water partition coefficient (Wildman–Crippen LogP) is 3.18. The Morgan fingerprint density at radius 2 is 2.18 bits per heavy atom. The third-order valence-corrected chi connectivity index (χ3v) is 3.92. The molecule has 3 N–H and O–H groups in total. The molecule has 0 atom stereocenters. The summed E-state index contributed by atoms with van der Waals surface area (Å²) in [5.41, 5.74) is 8.18. The molecule has 0 aliphatic heterocycles. The summed E-state index contributed by atoms with van der Waals surface area (Å²) in [6.07, 6.45) is 5.12. The molecule has 3 rings (SSSR count). The van der Waals surface area contributed by atoms with Gasteiger partial charge in [0.1, 0.15) is 5.82 Å². The summed E-state index contributed by atoms with van der Waals surface area (Å²) in [5.74, 6) is 0.915. The van der Waals surface area contributed by atoms with E-state index in [4.69, 9.17) is 5.73 Å². The third kappa shape index (κ3) is 1.91. The second-order valence-corrected chi connectivity index (χ2v) is 5.58. The van der Waals surface area contributed by atoms with Crippen LogP contribution in [0.1, 0.15) is 25.1 Å². The first kappa shape index (κ1) is 11.0. The molecule has 1 fully saturated rings. The molecule has 1 saturated carbocycles. The molecule has 0 unspecified atom stereocenters. The molecule has 0 saturated heterocycles. The highest BCUT2D eigenvalue weighted by molar-refractivity contribution is 9.10. The number of imidazole rings is 1. The lowest BCUT2D eigenvalue weighted by atomic mass is 9.77. The molecule has 88 valence electrons. The first-order valence-corrected chi connectivity index (χ1v) is 6.57. The van der Waals surface area contributed by atoms with Crippen molar-refractivity contribution >= 4 is 15.9 Å². The summed E-state index contributed by atoms with van der Waals surface area (Å²) in [7, 11) is 0. The van der Waals surface area contributed by atoms with Gasteiger partial charge in [0.05, 0.1) is 17.4 Å². The molecular weight excluding hydrogens is 278 g/mol. The Morgan fingerprint density at radius 3 is 2.82 bits per heavy atom. The molecule has 0 spiro atoms. The van der Waals surface area contributed by atoms with Crippen molar-refractivity contribution in [3.8, 4) is 11.3 Å². The highest BCUT2D eigenvalue weighted by atomic mass is 79.9. The topological polar surface area (TPSA) is 54.7 Å². The van der Waals surface area contributed by atoms with E-state index in [1.54, 1.807) is 0 Å². The quantitative estimate of drug-likeness (QED) is 0.893. The van der Waals surface area contributed by atoms with Crippen LogP contribution >= 0.6 is 15.9 Å². The number of hydrogen-bond acceptors (Lipinski definition) is 2. The fourth-order valence-corrected chi connectivity index (χ4v) is 2.57. The van der Waals surface area contributed by atoms with Crippen molar-refractivity contribution in [2.24, 2.45) is 5.73 Å². The van der Waals surface area contributed by atoms with Crippen LogP contribution < -0.4 is 5.73 Å². The summed E-state index contributed by atoms with van der Waals surface area (Å²) >= 11 is 3.47. The minimum absolute atomic E-state index is 0.218. The number of aromatic nitrogens is 2. The van der Waals surface area contributed by atoms with E-state index in [0.717, 1.165) is 34.4 Å². The van der Waals surface area contributed by atoms with Crippen molar-refractivity contribution in [2.75, 3.05) is 0 Å². The molecule has 1 aliphatic carbocycles. The third-order valence-electron chi connectivity index (χ3n) is 3.43. The van der Waals surface area contributed by atoms with Crippen LogP contribution in [0, 0.1) is 0 Å². The number of H-pyrrole nitrogens is 1. The van der Waals surface area contributed by atoms with Crippen LogP contribution in [0.4, 0.5) is 0 Å². The number of aromatic amines is 1. The van der Waals surface area contributed by atoms with Gasteiger partial charge in [-0.3, -0.25) is 0 Å². The monoisotopic (exact) mass is 291 g/mol. The van der Waals surface area contributed by atoms with Gasteiger partial charge in [-0.25, -0.2) is 4.98 Å². The normalized spacial score (nSPS) is 17.8. The molecule has 1 heterocycles. The van der Waals surface area contributed by atoms with Gasteiger partial charge in [0, 0.05) is 10.0 Å². The zero-order chi connectivity index (χ0) is 11.9. The van der Waals surface area contributed by atoms with Crippen LogP contribution in [0.3, 0.4) is 0 Å². The van der Waals surface area contributed by atoms with Crippen molar-refractivity contribution in [3.05, 3.63) is 40.8 Å². The van der Waals surface area contributed by atoms with Gasteiger partial charge in [-0.2, -0.15) is 0 Å². The molecule has 1 aliphatic rings. The standard InChI is InChI=1S/C13H14BrN3/c14-10-4-1-3-9(7-10)11-8-16-12(17-11)13(15)5-2-6-13/h1,3-4,7-8H,2,5-6,15H2,(H,16,17). The summed E-state index contributed by atoms with van der Waals surface area (Å²) in [6.45, 7) is 0. The molecule has 3 nitrogen and oxygen atoms in total. The van der Waals surface area contributed by atoms with Gasteiger partial charge < -0.3 is 10.7 Å². The second kappa shape index (κ2) is 3.96. The van der Waals surface area contributed by atoms with Gasteiger partial charge in [-0.15, -0.1) is 0 Å². The zero-order valence-electron chi connectivity index (χ0n) is 9.41. The summed E-state index contributed by atoms with van der Waals surface area (Å²) in [6, 6.07) is 8.16. The number of nitrogens with one attached hydrogen (secondary N) is 1. The lowest BCUT2D eigenvalue weighted by molar-refractivity contribution is 0.240. The van der Waals surface area contributed by atoms with E-state index in [2.05, 4.69) is 38.0 Å². The number of hydrogen-bond donors (Lipinski definition) is 2. The molecule has 1 aromatic heterocycles. The fraction of sp³-hybridized carbons (Fsp3) is 0.308. The van der Waals surface area contributed by atoms with Gasteiger partial charge in [0.15, 0.2) is 0 Å². The van der Waals surface area contributed by atoms with Crippen molar-refractivity contribution < 1.29 is 0 Å². The maximum absolute atomic E-state index is 6.24. The van der Waals surface area contributed by atoms with E-state index in [-0.39, 0.29) is 5.54 Å². The Labute approximate surface area is 109 Å². The van der Waals surface area contributed by atoms with Crippen molar-refractivity contribution in [2.45, 2.75) is 24.8 Å². The highest BCUT2D eigenvalue weighted by Crippen LogP contribution is 2.37. The molecule has 2 aromatic rings. The number of halogens is 1. The Balaban J connectivity index is 1.95. The molecule has 0 amide bonds. The van der Waals surface area contributed by atoms with E-state index in [1.165, 1.54) is 6.42 Å². The van der Waals surface area contributed by atoms with Crippen molar-refractivity contribution in [1.82, 2.24) is 9.97 Å². The maximum Gasteiger partial charge on any atom is 0.126 e. The smallest absolute Gasteiger partial charge is 0.126 e. The van der Waals surface area contributed by atoms with Gasteiger partial charge in [0.2, 0.25) is 0 Å². The summed E-state index contributed by atoms with van der Waals surface area (Å²) in [5, 5.41) is 0. The van der Waals surface area contributed by atoms with Gasteiger partial charge in [-0.1, -0.05) is 28.1 Å². The van der Waals surface area contributed by atoms with Gasteiger partial charge >= 0.3 is 0 Å². The van der Waals surface area contributed by atoms with Crippen LogP contribution in [0.2, 0.25) is 0 Å². The fourth-order valence-electron chi connectivity index (χ4n) is 2.17. The summed E-state index contributed by atoms with van der Waals surface area (Å²) in [4.78, 5) is 7.76. The molecule has 0 bridgehead atoms. The van der Waals surface area contributed by atoms with Crippen LogP contribution in [0.25, 0.3) is 11.3 Å². The largest absolute Gasteiger partial charge is 0.340 e. The predicted molar refractivity (Wildman–Crippen MR) is 71.4 cm³/mol. The molecule has 0 radical (unpaired) electrons. The molecule has 4 heteroatoms. The van der Waals surface area contributed by atoms with Gasteiger partial charge in [-0.05, 0) is 31.4 Å². The van der Waals surface area contributed by atoms with E-state index < -0.39 is 0 Å². The number of rotatable bonds is 2. The first-order valence-electron chi connectivity index (χ1n) is 5.78. The Bertz CT molecular complexity index is 543. The molecule has 17 heavy (non-hydrogen) atoms. The zero-order valence-corrected chi connectivity index (χ0v) is 11.0. The minimum atomic E-state index is -0.218. The summed E-state index contributed by atoms with van der Waals surface area (Å²) < 4.78 is 1.07. The Morgan fingerprint density at radius 1 is 1.35 bits per heavy atom. The highest BCUT2D eigenvalue weighted by Gasteiger charge is 2.37. The van der Waals surface area contributed by atoms with E-state index in [1.807, 2.05) is 18.3 Å². The van der Waals surface area contributed by atoms with Crippen LogP contribution in [-0.2, 0) is 5.54 Å². The van der Waals surface area contributed by atoms with Crippen LogP contribution in [-0.4, -0.2) is 9.97 Å². The lowest BCUT2D eigenvalue weighted by Crippen LogP contribution is -2.44. The minimum Gasteiger partial charge on any atom is -0.340 e. The van der Waals surface area contributed by atoms with E-state index in [0.29, 0.717) is 0 Å². The van der Waals surface area contributed by atoms with Crippen LogP contribution in [0.15, 0.2) is 34.9 Å². The maximum atomic E-state index is 6.24. The Kier molecular flexibility index (Phi) is 2.56. The molecule has 1 aromatic carbocycles. The van der Waals surface area contributed by atoms with E-state index in [9.17, 15) is 0 Å². The number of benzene rings is 1.